The third-order valence-electron chi connectivity index (χ3n) is 6.45. The van der Waals surface area contributed by atoms with E-state index >= 15 is 0 Å². The van der Waals surface area contributed by atoms with Gasteiger partial charge in [0.25, 0.3) is 10.1 Å². The molecule has 2 saturated heterocycles. The molecule has 4 nitrogen and oxygen atoms in total. The number of rotatable bonds is 1. The summed E-state index contributed by atoms with van der Waals surface area (Å²) in [4.78, 5) is 12.0. The molecule has 2 bridgehead atoms. The zero-order chi connectivity index (χ0) is 18.7. The zero-order valence-electron chi connectivity index (χ0n) is 15.9. The van der Waals surface area contributed by atoms with Crippen molar-refractivity contribution in [3.05, 3.63) is 0 Å². The summed E-state index contributed by atoms with van der Waals surface area (Å²) in [5.41, 5.74) is -0.914. The van der Waals surface area contributed by atoms with Crippen molar-refractivity contribution in [2.75, 3.05) is 23.0 Å². The predicted molar refractivity (Wildman–Crippen MR) is 122 cm³/mol. The molecule has 28 heavy (non-hydrogen) atoms. The van der Waals surface area contributed by atoms with Gasteiger partial charge in [0.05, 0.1) is 0 Å². The maximum absolute atomic E-state index is 12.0. The molecular formula is C18H34Na2NiO4S3. The quantitative estimate of drug-likeness (QED) is 0.428. The summed E-state index contributed by atoms with van der Waals surface area (Å²) in [5.74, 6) is 5.14. The van der Waals surface area contributed by atoms with Gasteiger partial charge in [0.1, 0.15) is 5.25 Å². The van der Waals surface area contributed by atoms with Gasteiger partial charge in [0.2, 0.25) is 0 Å². The van der Waals surface area contributed by atoms with Crippen LogP contribution in [0.25, 0.3) is 0 Å². The number of fused-ring (bicyclic) bond motifs is 2. The molecule has 2 aliphatic heterocycles. The average molecular weight is 515 g/mol. The standard InChI is InChI=1S/C10H16O4S.2C4H8S.2Na.Ni.2H/c1-9(2)6-4-5-10(9,3)8(11)7(6)15(12,13)14;2*1-2-4-5-3-1;;;;;/h6-7H,4-5H2,1-3H3,(H,12,13,14);2*1-4H2;;;;;. The van der Waals surface area contributed by atoms with Crippen molar-refractivity contribution >= 4 is 98.5 Å². The number of ketones is 1. The van der Waals surface area contributed by atoms with E-state index in [9.17, 15) is 13.2 Å². The minimum absolute atomic E-state index is 0. The summed E-state index contributed by atoms with van der Waals surface area (Å²) in [7, 11) is -4.24. The van der Waals surface area contributed by atoms with E-state index in [-0.39, 0.29) is 92.7 Å². The fourth-order valence-electron chi connectivity index (χ4n) is 4.37. The molecule has 10 heteroatoms. The van der Waals surface area contributed by atoms with Crippen molar-refractivity contribution in [1.82, 2.24) is 0 Å². The third kappa shape index (κ3) is 7.68. The molecule has 0 spiro atoms. The normalized spacial score (nSPS) is 31.9. The topological polar surface area (TPSA) is 71.4 Å². The molecule has 0 radical (unpaired) electrons. The van der Waals surface area contributed by atoms with Crippen molar-refractivity contribution in [1.29, 1.82) is 0 Å². The van der Waals surface area contributed by atoms with Crippen LogP contribution in [0.15, 0.2) is 0 Å². The second-order valence-electron chi connectivity index (χ2n) is 8.14. The minimum Gasteiger partial charge on any atom is 0 e. The Morgan fingerprint density at radius 3 is 1.50 bits per heavy atom. The van der Waals surface area contributed by atoms with Gasteiger partial charge in [-0.05, 0) is 72.9 Å². The van der Waals surface area contributed by atoms with Gasteiger partial charge in [0.15, 0.2) is 5.78 Å². The maximum Gasteiger partial charge on any atom is 0 e. The molecule has 160 valence electrons. The van der Waals surface area contributed by atoms with E-state index in [4.69, 9.17) is 4.55 Å². The van der Waals surface area contributed by atoms with Gasteiger partial charge in [-0.2, -0.15) is 31.9 Å². The van der Waals surface area contributed by atoms with Crippen molar-refractivity contribution in [3.63, 3.8) is 0 Å². The van der Waals surface area contributed by atoms with E-state index in [0.29, 0.717) is 6.42 Å². The van der Waals surface area contributed by atoms with Gasteiger partial charge in [0, 0.05) is 21.9 Å². The number of carbonyl (C=O) groups excluding carboxylic acids is 1. The Balaban J connectivity index is 0. The zero-order valence-corrected chi connectivity index (χ0v) is 19.4. The van der Waals surface area contributed by atoms with Gasteiger partial charge in [-0.1, -0.05) is 20.8 Å². The smallest absolute Gasteiger partial charge is 0 e. The van der Waals surface area contributed by atoms with Crippen LogP contribution in [0.3, 0.4) is 0 Å². The molecule has 3 atom stereocenters. The molecule has 0 aromatic heterocycles. The molecule has 0 aromatic rings. The number of hydrogen-bond donors (Lipinski definition) is 1. The summed E-state index contributed by atoms with van der Waals surface area (Å²) >= 11 is 4.15. The van der Waals surface area contributed by atoms with Crippen molar-refractivity contribution in [2.45, 2.75) is 64.5 Å². The van der Waals surface area contributed by atoms with Crippen molar-refractivity contribution < 1.29 is 34.3 Å². The van der Waals surface area contributed by atoms with E-state index in [1.54, 1.807) is 0 Å². The molecule has 2 aliphatic carbocycles. The first kappa shape index (κ1) is 32.9. The third-order valence-corrected chi connectivity index (χ3v) is 9.94. The van der Waals surface area contributed by atoms with Gasteiger partial charge in [-0.15, -0.1) is 0 Å². The van der Waals surface area contributed by atoms with E-state index in [1.807, 2.05) is 20.8 Å². The van der Waals surface area contributed by atoms with Crippen LogP contribution in [-0.4, -0.2) is 106 Å². The van der Waals surface area contributed by atoms with Crippen LogP contribution >= 0.6 is 23.5 Å². The molecule has 4 fully saturated rings. The van der Waals surface area contributed by atoms with Crippen LogP contribution in [0, 0.1) is 16.7 Å². The van der Waals surface area contributed by atoms with Crippen molar-refractivity contribution in [3.8, 4) is 0 Å². The molecule has 3 unspecified atom stereocenters. The Kier molecular flexibility index (Phi) is 16.6. The minimum atomic E-state index is -4.24. The van der Waals surface area contributed by atoms with Crippen molar-refractivity contribution in [2.24, 2.45) is 16.7 Å². The Morgan fingerprint density at radius 2 is 1.32 bits per heavy atom. The van der Waals surface area contributed by atoms with E-state index < -0.39 is 20.8 Å². The average Bonchev–Trinajstić information content (AvgIpc) is 3.29. The van der Waals surface area contributed by atoms with Crippen LogP contribution in [0.1, 0.15) is 59.3 Å². The van der Waals surface area contributed by atoms with Gasteiger partial charge < -0.3 is 0 Å². The van der Waals surface area contributed by atoms with Crippen LogP contribution in [0.2, 0.25) is 0 Å². The van der Waals surface area contributed by atoms with Crippen LogP contribution in [0.5, 0.6) is 0 Å². The molecule has 2 saturated carbocycles. The van der Waals surface area contributed by atoms with E-state index in [2.05, 4.69) is 23.5 Å². The summed E-state index contributed by atoms with van der Waals surface area (Å²) in [6.45, 7) is 5.67. The molecule has 1 N–H and O–H groups in total. The number of thioether (sulfide) groups is 2. The Labute approximate surface area is 234 Å². The summed E-state index contributed by atoms with van der Waals surface area (Å²) < 4.78 is 31.5. The second kappa shape index (κ2) is 14.1. The number of hydrogen-bond acceptors (Lipinski definition) is 5. The van der Waals surface area contributed by atoms with Gasteiger partial charge in [-0.25, -0.2) is 0 Å². The van der Waals surface area contributed by atoms with E-state index in [0.717, 1.165) is 6.42 Å². The molecule has 4 rings (SSSR count). The Morgan fingerprint density at radius 1 is 0.929 bits per heavy atom. The van der Waals surface area contributed by atoms with Crippen LogP contribution in [0.4, 0.5) is 0 Å². The fourth-order valence-corrected chi connectivity index (χ4v) is 7.83. The van der Waals surface area contributed by atoms with Crippen LogP contribution in [-0.2, 0) is 31.4 Å². The largest absolute Gasteiger partial charge is 0 e. The summed E-state index contributed by atoms with van der Waals surface area (Å²) in [6.07, 6.45) is 7.29. The first-order chi connectivity index (χ1) is 11.6. The second-order valence-corrected chi connectivity index (χ2v) is 12.1. The Hall–Kier alpha value is 2.77. The maximum atomic E-state index is 12.0. The molecule has 0 amide bonds. The first-order valence-electron chi connectivity index (χ1n) is 9.28. The SMILES string of the molecule is C1CCSC1.C1CCSC1.CC12CCC(C(S(=O)(=O)O)C1=O)C2(C)C.[NaH].[NaH].[Ni]. The summed E-state index contributed by atoms with van der Waals surface area (Å²) in [5, 5.41) is -1.19. The fraction of sp³-hybridized carbons (Fsp3) is 0.944. The van der Waals surface area contributed by atoms with Gasteiger partial charge in [-0.3, -0.25) is 9.35 Å². The molecular weight excluding hydrogens is 481 g/mol. The Bertz CT molecular complexity index is 556. The molecule has 4 aliphatic rings. The number of carbonyl (C=O) groups is 1. The molecule has 2 heterocycles. The monoisotopic (exact) mass is 514 g/mol. The number of Topliss-reactive ketones (excluding diaryl/α,β-unsaturated/α-hetero) is 1. The summed E-state index contributed by atoms with van der Waals surface area (Å²) in [6, 6.07) is 0. The van der Waals surface area contributed by atoms with Crippen LogP contribution < -0.4 is 0 Å². The first-order valence-corrected chi connectivity index (χ1v) is 13.1. The van der Waals surface area contributed by atoms with Gasteiger partial charge >= 0.3 is 59.1 Å². The molecule has 0 aromatic carbocycles. The van der Waals surface area contributed by atoms with E-state index in [1.165, 1.54) is 48.7 Å². The predicted octanol–water partition coefficient (Wildman–Crippen LogP) is 3.00.